The third-order valence-electron chi connectivity index (χ3n) is 5.93. The maximum atomic E-state index is 12.9. The van der Waals surface area contributed by atoms with Crippen molar-refractivity contribution in [1.82, 2.24) is 20.2 Å². The van der Waals surface area contributed by atoms with Gasteiger partial charge in [0.25, 0.3) is 0 Å². The first kappa shape index (κ1) is 17.6. The van der Waals surface area contributed by atoms with Crippen molar-refractivity contribution in [3.05, 3.63) is 60.2 Å². The van der Waals surface area contributed by atoms with Crippen molar-refractivity contribution in [1.29, 1.82) is 0 Å². The highest BCUT2D eigenvalue weighted by Gasteiger charge is 2.54. The molecule has 0 radical (unpaired) electrons. The van der Waals surface area contributed by atoms with Crippen molar-refractivity contribution in [3.63, 3.8) is 0 Å². The number of rotatable bonds is 5. The molecule has 27 heavy (non-hydrogen) atoms. The molecular formula is C21H24N4O2. The van der Waals surface area contributed by atoms with Crippen LogP contribution in [0.5, 0.6) is 0 Å². The summed E-state index contributed by atoms with van der Waals surface area (Å²) in [7, 11) is 0. The number of nitrogens with one attached hydrogen (secondary N) is 1. The van der Waals surface area contributed by atoms with Crippen LogP contribution in [0, 0.1) is 11.3 Å². The Morgan fingerprint density at radius 3 is 2.41 bits per heavy atom. The average molecular weight is 364 g/mol. The molecule has 1 aliphatic carbocycles. The molecule has 0 bridgehead atoms. The lowest BCUT2D eigenvalue weighted by molar-refractivity contribution is -0.130. The van der Waals surface area contributed by atoms with Gasteiger partial charge in [-0.15, -0.1) is 0 Å². The van der Waals surface area contributed by atoms with E-state index in [9.17, 15) is 9.59 Å². The topological polar surface area (TPSA) is 75.2 Å². The van der Waals surface area contributed by atoms with Crippen LogP contribution < -0.4 is 5.32 Å². The highest BCUT2D eigenvalue weighted by molar-refractivity contribution is 5.84. The SMILES string of the molecule is O=C(NCc1cccnc1)C1CN(C(=O)Cc2cccnc2)CC12CCC2. The predicted molar refractivity (Wildman–Crippen MR) is 100 cm³/mol. The fourth-order valence-electron chi connectivity index (χ4n) is 4.26. The van der Waals surface area contributed by atoms with E-state index in [4.69, 9.17) is 0 Å². The van der Waals surface area contributed by atoms with Gasteiger partial charge in [0, 0.05) is 49.8 Å². The van der Waals surface area contributed by atoms with E-state index in [2.05, 4.69) is 15.3 Å². The molecule has 2 aromatic heterocycles. The summed E-state index contributed by atoms with van der Waals surface area (Å²) in [5.74, 6) is 0.00725. The van der Waals surface area contributed by atoms with E-state index in [0.717, 1.165) is 30.4 Å². The number of amides is 2. The number of carbonyl (C=O) groups is 2. The minimum Gasteiger partial charge on any atom is -0.352 e. The summed E-state index contributed by atoms with van der Waals surface area (Å²) in [5, 5.41) is 3.05. The van der Waals surface area contributed by atoms with Gasteiger partial charge in [-0.1, -0.05) is 18.6 Å². The second-order valence-corrected chi connectivity index (χ2v) is 7.66. The number of carbonyl (C=O) groups excluding carboxylic acids is 2. The number of nitrogens with zero attached hydrogens (tertiary/aromatic N) is 3. The molecule has 1 spiro atoms. The zero-order valence-electron chi connectivity index (χ0n) is 15.3. The highest BCUT2D eigenvalue weighted by atomic mass is 16.2. The molecule has 140 valence electrons. The molecule has 2 amide bonds. The predicted octanol–water partition coefficient (Wildman–Crippen LogP) is 1.96. The molecule has 0 aromatic carbocycles. The molecule has 1 saturated carbocycles. The summed E-state index contributed by atoms with van der Waals surface area (Å²) < 4.78 is 0. The molecule has 2 fully saturated rings. The number of hydrogen-bond acceptors (Lipinski definition) is 4. The lowest BCUT2D eigenvalue weighted by Gasteiger charge is -2.41. The molecule has 1 N–H and O–H groups in total. The standard InChI is InChI=1S/C21H24N4O2/c26-19(10-16-4-1-8-22-11-16)25-14-18(21(15-25)6-3-7-21)20(27)24-13-17-5-2-9-23-12-17/h1-2,4-5,8-9,11-12,18H,3,6-7,10,13-15H2,(H,24,27). The largest absolute Gasteiger partial charge is 0.352 e. The van der Waals surface area contributed by atoms with Gasteiger partial charge >= 0.3 is 0 Å². The van der Waals surface area contributed by atoms with Crippen LogP contribution in [0.25, 0.3) is 0 Å². The summed E-state index contributed by atoms with van der Waals surface area (Å²) >= 11 is 0. The van der Waals surface area contributed by atoms with Gasteiger partial charge in [-0.2, -0.15) is 0 Å². The number of hydrogen-bond donors (Lipinski definition) is 1. The van der Waals surface area contributed by atoms with Crippen LogP contribution in [0.2, 0.25) is 0 Å². The van der Waals surface area contributed by atoms with Gasteiger partial charge in [0.05, 0.1) is 12.3 Å². The smallest absolute Gasteiger partial charge is 0.227 e. The Hall–Kier alpha value is -2.76. The maximum Gasteiger partial charge on any atom is 0.227 e. The van der Waals surface area contributed by atoms with Gasteiger partial charge in [-0.05, 0) is 36.1 Å². The summed E-state index contributed by atoms with van der Waals surface area (Å²) in [6.07, 6.45) is 10.4. The first-order chi connectivity index (χ1) is 13.2. The fourth-order valence-corrected chi connectivity index (χ4v) is 4.26. The molecule has 6 heteroatoms. The summed E-state index contributed by atoms with van der Waals surface area (Å²) in [5.41, 5.74) is 1.86. The third-order valence-corrected chi connectivity index (χ3v) is 5.93. The van der Waals surface area contributed by atoms with Crippen LogP contribution in [0.4, 0.5) is 0 Å². The normalized spacial score (nSPS) is 20.3. The Bertz CT molecular complexity index is 805. The van der Waals surface area contributed by atoms with Crippen molar-refractivity contribution in [3.8, 4) is 0 Å². The lowest BCUT2D eigenvalue weighted by atomic mass is 9.62. The zero-order valence-corrected chi connectivity index (χ0v) is 15.3. The summed E-state index contributed by atoms with van der Waals surface area (Å²) in [4.78, 5) is 35.7. The van der Waals surface area contributed by atoms with Crippen molar-refractivity contribution < 1.29 is 9.59 Å². The van der Waals surface area contributed by atoms with E-state index in [-0.39, 0.29) is 23.1 Å². The van der Waals surface area contributed by atoms with Crippen molar-refractivity contribution >= 4 is 11.8 Å². The minimum atomic E-state index is -0.124. The van der Waals surface area contributed by atoms with Gasteiger partial charge in [-0.3, -0.25) is 19.6 Å². The van der Waals surface area contributed by atoms with Gasteiger partial charge in [-0.25, -0.2) is 0 Å². The van der Waals surface area contributed by atoms with E-state index >= 15 is 0 Å². The molecule has 1 atom stereocenters. The highest BCUT2D eigenvalue weighted by Crippen LogP contribution is 2.51. The molecule has 2 aromatic rings. The van der Waals surface area contributed by atoms with Crippen LogP contribution in [0.1, 0.15) is 30.4 Å². The third kappa shape index (κ3) is 3.70. The Morgan fingerprint density at radius 1 is 1.11 bits per heavy atom. The van der Waals surface area contributed by atoms with Crippen LogP contribution in [-0.2, 0) is 22.6 Å². The fraction of sp³-hybridized carbons (Fsp3) is 0.429. The second-order valence-electron chi connectivity index (χ2n) is 7.66. The maximum absolute atomic E-state index is 12.9. The number of likely N-dealkylation sites (tertiary alicyclic amines) is 1. The van der Waals surface area contributed by atoms with Crippen LogP contribution in [0.3, 0.4) is 0 Å². The van der Waals surface area contributed by atoms with E-state index in [1.54, 1.807) is 24.8 Å². The molecule has 4 rings (SSSR count). The van der Waals surface area contributed by atoms with E-state index in [1.807, 2.05) is 29.2 Å². The first-order valence-electron chi connectivity index (χ1n) is 9.50. The number of aromatic nitrogens is 2. The Labute approximate surface area is 159 Å². The second kappa shape index (κ2) is 7.47. The molecule has 1 aliphatic heterocycles. The first-order valence-corrected chi connectivity index (χ1v) is 9.50. The van der Waals surface area contributed by atoms with Gasteiger partial charge in [0.1, 0.15) is 0 Å². The van der Waals surface area contributed by atoms with E-state index in [1.165, 1.54) is 0 Å². The minimum absolute atomic E-state index is 0.0381. The van der Waals surface area contributed by atoms with Crippen LogP contribution in [-0.4, -0.2) is 39.8 Å². The lowest BCUT2D eigenvalue weighted by Crippen LogP contribution is -2.45. The Kier molecular flexibility index (Phi) is 4.88. The molecule has 2 aliphatic rings. The molecule has 3 heterocycles. The Balaban J connectivity index is 1.40. The molecule has 6 nitrogen and oxygen atoms in total. The van der Waals surface area contributed by atoms with Crippen LogP contribution >= 0.6 is 0 Å². The van der Waals surface area contributed by atoms with E-state index < -0.39 is 0 Å². The van der Waals surface area contributed by atoms with Gasteiger partial charge in [0.2, 0.25) is 11.8 Å². The number of pyridine rings is 2. The van der Waals surface area contributed by atoms with Gasteiger partial charge < -0.3 is 10.2 Å². The summed E-state index contributed by atoms with van der Waals surface area (Å²) in [6, 6.07) is 7.57. The quantitative estimate of drug-likeness (QED) is 0.880. The summed E-state index contributed by atoms with van der Waals surface area (Å²) in [6.45, 7) is 1.68. The zero-order chi connectivity index (χ0) is 18.7. The van der Waals surface area contributed by atoms with E-state index in [0.29, 0.717) is 26.1 Å². The monoisotopic (exact) mass is 364 g/mol. The molecule has 1 unspecified atom stereocenters. The van der Waals surface area contributed by atoms with Crippen molar-refractivity contribution in [2.45, 2.75) is 32.2 Å². The van der Waals surface area contributed by atoms with Gasteiger partial charge in [0.15, 0.2) is 0 Å². The molecule has 1 saturated heterocycles. The van der Waals surface area contributed by atoms with Crippen molar-refractivity contribution in [2.24, 2.45) is 11.3 Å². The average Bonchev–Trinajstić information content (AvgIpc) is 3.09. The molecular weight excluding hydrogens is 340 g/mol. The van der Waals surface area contributed by atoms with Crippen LogP contribution in [0.15, 0.2) is 49.1 Å². The van der Waals surface area contributed by atoms with Crippen molar-refractivity contribution in [2.75, 3.05) is 13.1 Å². The Morgan fingerprint density at radius 2 is 1.81 bits per heavy atom.